The topological polar surface area (TPSA) is 37.6 Å². The van der Waals surface area contributed by atoms with E-state index in [0.29, 0.717) is 16.6 Å². The standard InChI is InChI=1S/C22H20Cl2N2O2/c1-14(27)13-25(17-4-3-5-18(12-17)28-2)26-21-8-6-15(23)10-19(21)20-11-16(24)7-9-22(20)26/h3-12,14,27H,13H2,1-2H3. The van der Waals surface area contributed by atoms with Gasteiger partial charge in [0.1, 0.15) is 5.75 Å². The lowest BCUT2D eigenvalue weighted by atomic mass is 10.1. The summed E-state index contributed by atoms with van der Waals surface area (Å²) in [6, 6.07) is 19.4. The zero-order valence-electron chi connectivity index (χ0n) is 15.6. The van der Waals surface area contributed by atoms with Crippen LogP contribution in [-0.2, 0) is 0 Å². The number of fused-ring (bicyclic) bond motifs is 3. The minimum absolute atomic E-state index is 0.400. The van der Waals surface area contributed by atoms with Crippen molar-refractivity contribution in [2.24, 2.45) is 0 Å². The van der Waals surface area contributed by atoms with Crippen molar-refractivity contribution in [3.63, 3.8) is 0 Å². The molecule has 1 heterocycles. The van der Waals surface area contributed by atoms with Crippen molar-refractivity contribution in [2.75, 3.05) is 18.7 Å². The summed E-state index contributed by atoms with van der Waals surface area (Å²) in [7, 11) is 1.64. The smallest absolute Gasteiger partial charge is 0.120 e. The van der Waals surface area contributed by atoms with Gasteiger partial charge in [0.05, 0.1) is 36.5 Å². The summed E-state index contributed by atoms with van der Waals surface area (Å²) in [5, 5.41) is 15.6. The second kappa shape index (κ2) is 7.55. The van der Waals surface area contributed by atoms with E-state index in [0.717, 1.165) is 33.2 Å². The monoisotopic (exact) mass is 414 g/mol. The molecule has 1 atom stereocenters. The van der Waals surface area contributed by atoms with Gasteiger partial charge in [0.25, 0.3) is 0 Å². The third kappa shape index (κ3) is 3.39. The Morgan fingerprint density at radius 1 is 0.964 bits per heavy atom. The van der Waals surface area contributed by atoms with E-state index in [2.05, 4.69) is 4.68 Å². The Hall–Kier alpha value is -2.40. The van der Waals surface area contributed by atoms with E-state index in [1.807, 2.05) is 65.7 Å². The summed E-state index contributed by atoms with van der Waals surface area (Å²) >= 11 is 12.6. The Balaban J connectivity index is 2.04. The molecule has 4 aromatic rings. The third-order valence-electron chi connectivity index (χ3n) is 4.69. The van der Waals surface area contributed by atoms with Gasteiger partial charge in [0, 0.05) is 26.9 Å². The fraction of sp³-hybridized carbons (Fsp3) is 0.182. The number of nitrogens with zero attached hydrogens (tertiary/aromatic N) is 2. The van der Waals surface area contributed by atoms with Crippen molar-refractivity contribution in [1.29, 1.82) is 0 Å². The molecular weight excluding hydrogens is 395 g/mol. The van der Waals surface area contributed by atoms with Crippen LogP contribution in [0.15, 0.2) is 60.7 Å². The predicted molar refractivity (Wildman–Crippen MR) is 117 cm³/mol. The van der Waals surface area contributed by atoms with Crippen LogP contribution >= 0.6 is 23.2 Å². The van der Waals surface area contributed by atoms with Gasteiger partial charge >= 0.3 is 0 Å². The molecule has 0 saturated heterocycles. The molecular formula is C22H20Cl2N2O2. The molecule has 3 aromatic carbocycles. The first-order valence-electron chi connectivity index (χ1n) is 8.97. The number of hydrogen-bond acceptors (Lipinski definition) is 3. The lowest BCUT2D eigenvalue weighted by Gasteiger charge is -2.29. The lowest BCUT2D eigenvalue weighted by molar-refractivity contribution is 0.198. The SMILES string of the molecule is COc1cccc(N(CC(C)O)n2c3ccc(Cl)cc3c3cc(Cl)ccc32)c1. The Kier molecular flexibility index (Phi) is 5.11. The highest BCUT2D eigenvalue weighted by molar-refractivity contribution is 6.33. The molecule has 0 radical (unpaired) electrons. The van der Waals surface area contributed by atoms with E-state index in [1.165, 1.54) is 0 Å². The number of benzene rings is 3. The third-order valence-corrected chi connectivity index (χ3v) is 5.16. The zero-order valence-corrected chi connectivity index (χ0v) is 17.1. The maximum atomic E-state index is 10.2. The molecule has 1 unspecified atom stereocenters. The molecule has 1 aromatic heterocycles. The van der Waals surface area contributed by atoms with Gasteiger partial charge in [-0.3, -0.25) is 9.69 Å². The van der Waals surface area contributed by atoms with Gasteiger partial charge in [-0.05, 0) is 55.5 Å². The van der Waals surface area contributed by atoms with Crippen LogP contribution in [0.5, 0.6) is 5.75 Å². The van der Waals surface area contributed by atoms with E-state index in [-0.39, 0.29) is 0 Å². The first-order chi connectivity index (χ1) is 13.5. The summed E-state index contributed by atoms with van der Waals surface area (Å²) in [6.45, 7) is 2.17. The second-order valence-electron chi connectivity index (χ2n) is 6.77. The number of ether oxygens (including phenoxy) is 1. The number of methoxy groups -OCH3 is 1. The van der Waals surface area contributed by atoms with Crippen molar-refractivity contribution in [1.82, 2.24) is 4.68 Å². The van der Waals surface area contributed by atoms with Gasteiger partial charge in [-0.15, -0.1) is 0 Å². The lowest BCUT2D eigenvalue weighted by Crippen LogP contribution is -2.35. The van der Waals surface area contributed by atoms with Crippen LogP contribution in [0.2, 0.25) is 10.0 Å². The number of aliphatic hydroxyl groups excluding tert-OH is 1. The molecule has 144 valence electrons. The molecule has 0 amide bonds. The minimum atomic E-state index is -0.543. The van der Waals surface area contributed by atoms with Crippen molar-refractivity contribution in [2.45, 2.75) is 13.0 Å². The molecule has 28 heavy (non-hydrogen) atoms. The van der Waals surface area contributed by atoms with Gasteiger partial charge in [0.2, 0.25) is 0 Å². The summed E-state index contributed by atoms with van der Waals surface area (Å²) in [6.07, 6.45) is -0.543. The van der Waals surface area contributed by atoms with Crippen LogP contribution in [0.25, 0.3) is 21.8 Å². The van der Waals surface area contributed by atoms with Crippen molar-refractivity contribution in [3.05, 3.63) is 70.7 Å². The van der Waals surface area contributed by atoms with Crippen molar-refractivity contribution >= 4 is 50.7 Å². The number of aromatic nitrogens is 1. The quantitative estimate of drug-likeness (QED) is 0.450. The average molecular weight is 415 g/mol. The normalized spacial score (nSPS) is 12.5. The van der Waals surface area contributed by atoms with Crippen LogP contribution in [0.3, 0.4) is 0 Å². The van der Waals surface area contributed by atoms with E-state index >= 15 is 0 Å². The first kappa shape index (κ1) is 18.9. The van der Waals surface area contributed by atoms with Crippen LogP contribution < -0.4 is 9.75 Å². The molecule has 0 aliphatic carbocycles. The molecule has 0 saturated carbocycles. The fourth-order valence-electron chi connectivity index (χ4n) is 3.53. The van der Waals surface area contributed by atoms with Crippen molar-refractivity contribution < 1.29 is 9.84 Å². The number of anilines is 1. The highest BCUT2D eigenvalue weighted by atomic mass is 35.5. The second-order valence-corrected chi connectivity index (χ2v) is 7.64. The zero-order chi connectivity index (χ0) is 19.8. The molecule has 1 N–H and O–H groups in total. The Labute approximate surface area is 173 Å². The Bertz CT molecular complexity index is 1090. The highest BCUT2D eigenvalue weighted by Gasteiger charge is 2.19. The molecule has 6 heteroatoms. The fourth-order valence-corrected chi connectivity index (χ4v) is 3.88. The van der Waals surface area contributed by atoms with Gasteiger partial charge in [-0.1, -0.05) is 29.3 Å². The molecule has 0 aliphatic rings. The molecule has 0 fully saturated rings. The van der Waals surface area contributed by atoms with E-state index in [9.17, 15) is 5.11 Å². The van der Waals surface area contributed by atoms with Crippen LogP contribution in [-0.4, -0.2) is 29.5 Å². The number of aliphatic hydroxyl groups is 1. The largest absolute Gasteiger partial charge is 0.497 e. The molecule has 4 rings (SSSR count). The summed E-state index contributed by atoms with van der Waals surface area (Å²) in [5.41, 5.74) is 2.86. The number of halogens is 2. The van der Waals surface area contributed by atoms with Gasteiger partial charge in [0.15, 0.2) is 0 Å². The maximum Gasteiger partial charge on any atom is 0.120 e. The number of hydrogen-bond donors (Lipinski definition) is 1. The van der Waals surface area contributed by atoms with Gasteiger partial charge < -0.3 is 9.84 Å². The van der Waals surface area contributed by atoms with E-state index < -0.39 is 6.10 Å². The Morgan fingerprint density at radius 3 is 2.11 bits per heavy atom. The molecule has 0 spiro atoms. The average Bonchev–Trinajstić information content (AvgIpc) is 2.98. The minimum Gasteiger partial charge on any atom is -0.497 e. The Morgan fingerprint density at radius 2 is 1.57 bits per heavy atom. The molecule has 0 bridgehead atoms. The summed E-state index contributed by atoms with van der Waals surface area (Å²) in [5.74, 6) is 0.750. The summed E-state index contributed by atoms with van der Waals surface area (Å²) < 4.78 is 7.50. The van der Waals surface area contributed by atoms with Crippen LogP contribution in [0.4, 0.5) is 5.69 Å². The van der Waals surface area contributed by atoms with Gasteiger partial charge in [-0.2, -0.15) is 0 Å². The molecule has 0 aliphatic heterocycles. The maximum absolute atomic E-state index is 10.2. The van der Waals surface area contributed by atoms with E-state index in [1.54, 1.807) is 14.0 Å². The predicted octanol–water partition coefficient (Wildman–Crippen LogP) is 5.76. The van der Waals surface area contributed by atoms with Crippen LogP contribution in [0.1, 0.15) is 6.92 Å². The van der Waals surface area contributed by atoms with Crippen molar-refractivity contribution in [3.8, 4) is 5.75 Å². The number of rotatable bonds is 5. The van der Waals surface area contributed by atoms with Gasteiger partial charge in [-0.25, -0.2) is 0 Å². The van der Waals surface area contributed by atoms with E-state index in [4.69, 9.17) is 27.9 Å². The molecule has 4 nitrogen and oxygen atoms in total. The first-order valence-corrected chi connectivity index (χ1v) is 9.72. The van der Waals surface area contributed by atoms with Crippen LogP contribution in [0, 0.1) is 0 Å². The summed E-state index contributed by atoms with van der Waals surface area (Å²) in [4.78, 5) is 0. The highest BCUT2D eigenvalue weighted by Crippen LogP contribution is 2.35.